The van der Waals surface area contributed by atoms with Gasteiger partial charge < -0.3 is 14.7 Å². The van der Waals surface area contributed by atoms with Crippen molar-refractivity contribution < 1.29 is 9.32 Å². The van der Waals surface area contributed by atoms with E-state index >= 15 is 0 Å². The fraction of sp³-hybridized carbons (Fsp3) is 0.636. The number of aryl methyl sites for hydroxylation is 1. The van der Waals surface area contributed by atoms with Gasteiger partial charge in [-0.05, 0) is 6.92 Å². The molecular weight excluding hydrogens is 206 g/mol. The average molecular weight is 221 g/mol. The molecule has 0 unspecified atom stereocenters. The highest BCUT2D eigenvalue weighted by molar-refractivity contribution is 5.79. The van der Waals surface area contributed by atoms with Gasteiger partial charge in [0.2, 0.25) is 5.91 Å². The number of carbonyl (C=O) groups is 1. The summed E-state index contributed by atoms with van der Waals surface area (Å²) < 4.78 is 5.04. The van der Waals surface area contributed by atoms with Gasteiger partial charge in [0.05, 0.1) is 12.1 Å². The number of hydrogen-bond donors (Lipinski definition) is 1. The van der Waals surface area contributed by atoms with E-state index in [0.717, 1.165) is 31.9 Å². The van der Waals surface area contributed by atoms with Gasteiger partial charge in [-0.3, -0.25) is 4.79 Å². The van der Waals surface area contributed by atoms with Crippen LogP contribution >= 0.6 is 0 Å². The molecule has 1 spiro atoms. The van der Waals surface area contributed by atoms with Crippen molar-refractivity contribution in [2.75, 3.05) is 26.2 Å². The number of nitrogens with zero attached hydrogens (tertiary/aromatic N) is 2. The van der Waals surface area contributed by atoms with E-state index in [-0.39, 0.29) is 5.91 Å². The fourth-order valence-electron chi connectivity index (χ4n) is 2.40. The van der Waals surface area contributed by atoms with Gasteiger partial charge in [-0.1, -0.05) is 5.16 Å². The quantitative estimate of drug-likeness (QED) is 0.761. The Kier molecular flexibility index (Phi) is 2.04. The summed E-state index contributed by atoms with van der Waals surface area (Å²) in [7, 11) is 0. The summed E-state index contributed by atoms with van der Waals surface area (Å²) in [6.45, 7) is 5.75. The molecule has 5 nitrogen and oxygen atoms in total. The zero-order valence-corrected chi connectivity index (χ0v) is 9.32. The SMILES string of the molecule is Cc1cc(CC(=O)N2CC3(CNC3)C2)on1. The Balaban J connectivity index is 1.55. The number of likely N-dealkylation sites (tertiary alicyclic amines) is 1. The molecule has 2 aliphatic heterocycles. The second-order valence-corrected chi connectivity index (χ2v) is 4.96. The summed E-state index contributed by atoms with van der Waals surface area (Å²) in [5.41, 5.74) is 1.22. The predicted octanol–water partition coefficient (Wildman–Crippen LogP) is -0.0427. The van der Waals surface area contributed by atoms with Gasteiger partial charge in [0.15, 0.2) is 0 Å². The number of carbonyl (C=O) groups excluding carboxylic acids is 1. The summed E-state index contributed by atoms with van der Waals surface area (Å²) in [6.07, 6.45) is 0.338. The molecule has 0 saturated carbocycles. The Bertz CT molecular complexity index is 415. The monoisotopic (exact) mass is 221 g/mol. The molecule has 0 radical (unpaired) electrons. The highest BCUT2D eigenvalue weighted by atomic mass is 16.5. The van der Waals surface area contributed by atoms with E-state index in [9.17, 15) is 4.79 Å². The first-order valence-electron chi connectivity index (χ1n) is 5.58. The molecule has 0 aliphatic carbocycles. The third-order valence-corrected chi connectivity index (χ3v) is 3.41. The number of hydrogen-bond acceptors (Lipinski definition) is 4. The second kappa shape index (κ2) is 3.31. The van der Waals surface area contributed by atoms with E-state index in [4.69, 9.17) is 4.52 Å². The van der Waals surface area contributed by atoms with E-state index in [1.807, 2.05) is 17.9 Å². The molecule has 0 atom stereocenters. The molecule has 3 heterocycles. The van der Waals surface area contributed by atoms with Crippen LogP contribution in [-0.2, 0) is 11.2 Å². The van der Waals surface area contributed by atoms with Crippen LogP contribution < -0.4 is 5.32 Å². The summed E-state index contributed by atoms with van der Waals surface area (Å²) in [5, 5.41) is 7.02. The minimum absolute atomic E-state index is 0.147. The molecule has 2 saturated heterocycles. The molecule has 5 heteroatoms. The van der Waals surface area contributed by atoms with E-state index in [2.05, 4.69) is 10.5 Å². The first-order valence-corrected chi connectivity index (χ1v) is 5.58. The highest BCUT2D eigenvalue weighted by Crippen LogP contribution is 2.34. The maximum Gasteiger partial charge on any atom is 0.230 e. The number of aromatic nitrogens is 1. The van der Waals surface area contributed by atoms with Crippen molar-refractivity contribution in [2.45, 2.75) is 13.3 Å². The van der Waals surface area contributed by atoms with E-state index < -0.39 is 0 Å². The molecular formula is C11H15N3O2. The predicted molar refractivity (Wildman–Crippen MR) is 56.8 cm³/mol. The van der Waals surface area contributed by atoms with Gasteiger partial charge >= 0.3 is 0 Å². The van der Waals surface area contributed by atoms with Crippen LogP contribution in [0.2, 0.25) is 0 Å². The van der Waals surface area contributed by atoms with Gasteiger partial charge in [0.1, 0.15) is 5.76 Å². The number of amides is 1. The first kappa shape index (κ1) is 9.84. The van der Waals surface area contributed by atoms with Gasteiger partial charge in [-0.2, -0.15) is 0 Å². The van der Waals surface area contributed by atoms with Crippen molar-refractivity contribution >= 4 is 5.91 Å². The van der Waals surface area contributed by atoms with E-state index in [0.29, 0.717) is 17.6 Å². The van der Waals surface area contributed by atoms with E-state index in [1.165, 1.54) is 0 Å². The average Bonchev–Trinajstić information content (AvgIpc) is 2.45. The van der Waals surface area contributed by atoms with Crippen LogP contribution in [0.1, 0.15) is 11.5 Å². The first-order chi connectivity index (χ1) is 7.67. The summed E-state index contributed by atoms with van der Waals surface area (Å²) in [5.74, 6) is 0.809. The molecule has 1 aromatic heterocycles. The lowest BCUT2D eigenvalue weighted by Gasteiger charge is -2.56. The summed E-state index contributed by atoms with van der Waals surface area (Å²) in [6, 6.07) is 1.82. The van der Waals surface area contributed by atoms with E-state index in [1.54, 1.807) is 0 Å². The molecule has 2 aliphatic rings. The lowest BCUT2D eigenvalue weighted by molar-refractivity contribution is -0.146. The third kappa shape index (κ3) is 1.51. The largest absolute Gasteiger partial charge is 0.361 e. The Morgan fingerprint density at radius 2 is 2.38 bits per heavy atom. The van der Waals surface area contributed by atoms with Crippen molar-refractivity contribution in [3.05, 3.63) is 17.5 Å². The van der Waals surface area contributed by atoms with Crippen molar-refractivity contribution in [1.29, 1.82) is 0 Å². The Labute approximate surface area is 93.8 Å². The van der Waals surface area contributed by atoms with Crippen LogP contribution in [0.5, 0.6) is 0 Å². The topological polar surface area (TPSA) is 58.4 Å². The van der Waals surface area contributed by atoms with Crippen molar-refractivity contribution in [3.63, 3.8) is 0 Å². The van der Waals surface area contributed by atoms with Crippen molar-refractivity contribution in [1.82, 2.24) is 15.4 Å². The van der Waals surface area contributed by atoms with Gasteiger partial charge in [-0.25, -0.2) is 0 Å². The van der Waals surface area contributed by atoms with Crippen LogP contribution in [0.25, 0.3) is 0 Å². The fourth-order valence-corrected chi connectivity index (χ4v) is 2.40. The lowest BCUT2D eigenvalue weighted by atomic mass is 9.74. The molecule has 1 amide bonds. The van der Waals surface area contributed by atoms with Gasteiger partial charge in [0.25, 0.3) is 0 Å². The number of rotatable bonds is 2. The standard InChI is InChI=1S/C11H15N3O2/c1-8-2-9(16-13-8)3-10(15)14-6-11(7-14)4-12-5-11/h2,12H,3-7H2,1H3. The minimum Gasteiger partial charge on any atom is -0.361 e. The molecule has 1 N–H and O–H groups in total. The van der Waals surface area contributed by atoms with Crippen molar-refractivity contribution in [3.8, 4) is 0 Å². The molecule has 0 aromatic carbocycles. The highest BCUT2D eigenvalue weighted by Gasteiger charge is 2.49. The Morgan fingerprint density at radius 1 is 1.62 bits per heavy atom. The summed E-state index contributed by atoms with van der Waals surface area (Å²) in [4.78, 5) is 13.8. The van der Waals surface area contributed by atoms with Crippen LogP contribution in [0.4, 0.5) is 0 Å². The second-order valence-electron chi connectivity index (χ2n) is 4.96. The zero-order valence-electron chi connectivity index (χ0n) is 9.32. The lowest BCUT2D eigenvalue weighted by Crippen LogP contribution is -2.72. The molecule has 3 rings (SSSR count). The van der Waals surface area contributed by atoms with Crippen molar-refractivity contribution in [2.24, 2.45) is 5.41 Å². The Morgan fingerprint density at radius 3 is 2.88 bits per heavy atom. The summed E-state index contributed by atoms with van der Waals surface area (Å²) >= 11 is 0. The smallest absolute Gasteiger partial charge is 0.230 e. The molecule has 2 fully saturated rings. The number of nitrogens with one attached hydrogen (secondary N) is 1. The normalized spacial score (nSPS) is 21.7. The van der Waals surface area contributed by atoms with Gasteiger partial charge in [0, 0.05) is 37.7 Å². The molecule has 1 aromatic rings. The Hall–Kier alpha value is -1.36. The third-order valence-electron chi connectivity index (χ3n) is 3.41. The van der Waals surface area contributed by atoms with Crippen LogP contribution in [0, 0.1) is 12.3 Å². The van der Waals surface area contributed by atoms with Gasteiger partial charge in [-0.15, -0.1) is 0 Å². The molecule has 86 valence electrons. The molecule has 16 heavy (non-hydrogen) atoms. The molecule has 0 bridgehead atoms. The van der Waals surface area contributed by atoms with Crippen LogP contribution in [-0.4, -0.2) is 42.1 Å². The minimum atomic E-state index is 0.147. The van der Waals surface area contributed by atoms with Crippen LogP contribution in [0.15, 0.2) is 10.6 Å². The maximum absolute atomic E-state index is 11.8. The van der Waals surface area contributed by atoms with Crippen LogP contribution in [0.3, 0.4) is 0 Å². The zero-order chi connectivity index (χ0) is 11.2. The maximum atomic E-state index is 11.8.